The van der Waals surface area contributed by atoms with Gasteiger partial charge in [0.1, 0.15) is 11.4 Å². The standard InChI is InChI=1S/C15H15BrN2O2/c1-9-5-6-10-12(17-9)15(20)11(16)13(14(10)19)18-7-3-2-4-8-18/h5-6H,2-4,7-8H2,1H3. The van der Waals surface area contributed by atoms with Gasteiger partial charge in [-0.2, -0.15) is 0 Å². The van der Waals surface area contributed by atoms with Gasteiger partial charge in [-0.05, 0) is 54.2 Å². The minimum atomic E-state index is -0.191. The fraction of sp³-hybridized carbons (Fsp3) is 0.400. The molecular formula is C15H15BrN2O2. The molecule has 1 aliphatic heterocycles. The zero-order valence-corrected chi connectivity index (χ0v) is 12.9. The summed E-state index contributed by atoms with van der Waals surface area (Å²) >= 11 is 3.32. The van der Waals surface area contributed by atoms with Gasteiger partial charge in [0.15, 0.2) is 0 Å². The van der Waals surface area contributed by atoms with E-state index in [2.05, 4.69) is 20.9 Å². The molecule has 1 fully saturated rings. The van der Waals surface area contributed by atoms with Crippen molar-refractivity contribution in [3.8, 4) is 0 Å². The summed E-state index contributed by atoms with van der Waals surface area (Å²) in [6, 6.07) is 3.48. The quantitative estimate of drug-likeness (QED) is 0.792. The molecule has 3 rings (SSSR count). The minimum absolute atomic E-state index is 0.0964. The number of likely N-dealkylation sites (tertiary alicyclic amines) is 1. The predicted molar refractivity (Wildman–Crippen MR) is 79.0 cm³/mol. The number of fused-ring (bicyclic) bond motifs is 1. The van der Waals surface area contributed by atoms with Crippen LogP contribution < -0.4 is 0 Å². The summed E-state index contributed by atoms with van der Waals surface area (Å²) in [4.78, 5) is 31.3. The van der Waals surface area contributed by atoms with Gasteiger partial charge in [-0.25, -0.2) is 4.98 Å². The molecule has 0 N–H and O–H groups in total. The van der Waals surface area contributed by atoms with E-state index in [-0.39, 0.29) is 17.3 Å². The lowest BCUT2D eigenvalue weighted by molar-refractivity contribution is 0.0938. The van der Waals surface area contributed by atoms with Gasteiger partial charge in [0.2, 0.25) is 11.6 Å². The maximum atomic E-state index is 12.7. The molecule has 0 aromatic carbocycles. The molecule has 20 heavy (non-hydrogen) atoms. The van der Waals surface area contributed by atoms with Crippen molar-refractivity contribution < 1.29 is 9.59 Å². The number of piperidine rings is 1. The third-order valence-electron chi connectivity index (χ3n) is 3.79. The number of hydrogen-bond donors (Lipinski definition) is 0. The summed E-state index contributed by atoms with van der Waals surface area (Å²) in [5, 5.41) is 0. The lowest BCUT2D eigenvalue weighted by Crippen LogP contribution is -2.36. The number of carbonyl (C=O) groups is 2. The number of aryl methyl sites for hydroxylation is 1. The topological polar surface area (TPSA) is 50.3 Å². The smallest absolute Gasteiger partial charge is 0.221 e. The minimum Gasteiger partial charge on any atom is -0.367 e. The van der Waals surface area contributed by atoms with Crippen LogP contribution in [0.5, 0.6) is 0 Å². The molecule has 1 saturated heterocycles. The molecule has 1 aliphatic carbocycles. The fourth-order valence-electron chi connectivity index (χ4n) is 2.75. The van der Waals surface area contributed by atoms with E-state index >= 15 is 0 Å². The largest absolute Gasteiger partial charge is 0.367 e. The molecular weight excluding hydrogens is 320 g/mol. The van der Waals surface area contributed by atoms with Crippen molar-refractivity contribution >= 4 is 27.5 Å². The average molecular weight is 335 g/mol. The van der Waals surface area contributed by atoms with Crippen LogP contribution in [0.25, 0.3) is 0 Å². The van der Waals surface area contributed by atoms with Crippen LogP contribution in [0, 0.1) is 6.92 Å². The summed E-state index contributed by atoms with van der Waals surface area (Å²) in [6.45, 7) is 3.48. The first-order valence-electron chi connectivity index (χ1n) is 6.81. The molecule has 2 heterocycles. The van der Waals surface area contributed by atoms with Gasteiger partial charge in [-0.15, -0.1) is 0 Å². The Morgan fingerprint density at radius 2 is 1.80 bits per heavy atom. The third-order valence-corrected chi connectivity index (χ3v) is 4.52. The van der Waals surface area contributed by atoms with Crippen LogP contribution in [-0.2, 0) is 0 Å². The first-order valence-corrected chi connectivity index (χ1v) is 7.60. The number of halogens is 1. The van der Waals surface area contributed by atoms with Crippen molar-refractivity contribution in [1.82, 2.24) is 9.88 Å². The van der Waals surface area contributed by atoms with Crippen LogP contribution in [0.4, 0.5) is 0 Å². The lowest BCUT2D eigenvalue weighted by Gasteiger charge is -2.32. The maximum Gasteiger partial charge on any atom is 0.221 e. The van der Waals surface area contributed by atoms with Crippen molar-refractivity contribution in [2.24, 2.45) is 0 Å². The van der Waals surface area contributed by atoms with Crippen molar-refractivity contribution in [1.29, 1.82) is 0 Å². The normalized spacial score (nSPS) is 19.4. The van der Waals surface area contributed by atoms with Gasteiger partial charge >= 0.3 is 0 Å². The zero-order valence-electron chi connectivity index (χ0n) is 11.3. The number of rotatable bonds is 1. The highest BCUT2D eigenvalue weighted by Gasteiger charge is 2.35. The van der Waals surface area contributed by atoms with E-state index in [0.29, 0.717) is 15.7 Å². The molecule has 1 aromatic heterocycles. The Kier molecular flexibility index (Phi) is 3.46. The number of carbonyl (C=O) groups excluding carboxylic acids is 2. The van der Waals surface area contributed by atoms with E-state index in [1.807, 2.05) is 11.8 Å². The van der Waals surface area contributed by atoms with E-state index in [4.69, 9.17) is 0 Å². The predicted octanol–water partition coefficient (Wildman–Crippen LogP) is 2.86. The summed E-state index contributed by atoms with van der Waals surface area (Å²) in [5.41, 5.74) is 1.94. The zero-order chi connectivity index (χ0) is 14.3. The van der Waals surface area contributed by atoms with Crippen LogP contribution in [0.3, 0.4) is 0 Å². The molecule has 104 valence electrons. The number of Topliss-reactive ketones (excluding diaryl/α,β-unsaturated/α-hetero) is 2. The van der Waals surface area contributed by atoms with Crippen molar-refractivity contribution in [2.45, 2.75) is 26.2 Å². The van der Waals surface area contributed by atoms with Crippen molar-refractivity contribution in [3.63, 3.8) is 0 Å². The van der Waals surface area contributed by atoms with Gasteiger partial charge in [-0.3, -0.25) is 9.59 Å². The number of aromatic nitrogens is 1. The maximum absolute atomic E-state index is 12.7. The highest BCUT2D eigenvalue weighted by atomic mass is 79.9. The van der Waals surface area contributed by atoms with E-state index in [9.17, 15) is 9.59 Å². The van der Waals surface area contributed by atoms with E-state index in [1.165, 1.54) is 6.42 Å². The van der Waals surface area contributed by atoms with Crippen LogP contribution in [0.1, 0.15) is 45.8 Å². The molecule has 0 spiro atoms. The van der Waals surface area contributed by atoms with E-state index in [1.54, 1.807) is 12.1 Å². The number of allylic oxidation sites excluding steroid dienone is 2. The first kappa shape index (κ1) is 13.5. The molecule has 0 saturated carbocycles. The van der Waals surface area contributed by atoms with Crippen molar-refractivity contribution in [2.75, 3.05) is 13.1 Å². The lowest BCUT2D eigenvalue weighted by atomic mass is 9.95. The van der Waals surface area contributed by atoms with Crippen molar-refractivity contribution in [3.05, 3.63) is 39.3 Å². The van der Waals surface area contributed by atoms with Crippen LogP contribution >= 0.6 is 15.9 Å². The molecule has 0 radical (unpaired) electrons. The third kappa shape index (κ3) is 2.10. The molecule has 5 heteroatoms. The number of pyridine rings is 1. The van der Waals surface area contributed by atoms with Gasteiger partial charge < -0.3 is 4.90 Å². The summed E-state index contributed by atoms with van der Waals surface area (Å²) in [5.74, 6) is -0.287. The number of nitrogens with zero attached hydrogens (tertiary/aromatic N) is 2. The Bertz CT molecular complexity index is 631. The van der Waals surface area contributed by atoms with E-state index < -0.39 is 0 Å². The van der Waals surface area contributed by atoms with Crippen LogP contribution in [0.15, 0.2) is 22.3 Å². The second-order valence-corrected chi connectivity index (χ2v) is 6.01. The van der Waals surface area contributed by atoms with Gasteiger partial charge in [0.05, 0.1) is 10.0 Å². The fourth-order valence-corrected chi connectivity index (χ4v) is 3.37. The van der Waals surface area contributed by atoms with Crippen LogP contribution in [0.2, 0.25) is 0 Å². The number of hydrogen-bond acceptors (Lipinski definition) is 4. The SMILES string of the molecule is Cc1ccc2c(n1)C(=O)C(Br)=C(N1CCCCC1)C2=O. The Hall–Kier alpha value is -1.49. The molecule has 4 nitrogen and oxygen atoms in total. The van der Waals surface area contributed by atoms with Gasteiger partial charge in [0, 0.05) is 18.8 Å². The Labute approximate surface area is 126 Å². The highest BCUT2D eigenvalue weighted by molar-refractivity contribution is 9.12. The average Bonchev–Trinajstić information content (AvgIpc) is 2.46. The summed E-state index contributed by atoms with van der Waals surface area (Å²) < 4.78 is 0.356. The second kappa shape index (κ2) is 5.13. The Morgan fingerprint density at radius 1 is 1.10 bits per heavy atom. The van der Waals surface area contributed by atoms with Gasteiger partial charge in [-0.1, -0.05) is 0 Å². The first-order chi connectivity index (χ1) is 9.59. The summed E-state index contributed by atoms with van der Waals surface area (Å²) in [7, 11) is 0. The molecule has 0 unspecified atom stereocenters. The second-order valence-electron chi connectivity index (χ2n) is 5.22. The highest BCUT2D eigenvalue weighted by Crippen LogP contribution is 2.32. The van der Waals surface area contributed by atoms with E-state index in [0.717, 1.165) is 31.6 Å². The Balaban J connectivity index is 2.08. The monoisotopic (exact) mass is 334 g/mol. The van der Waals surface area contributed by atoms with Crippen LogP contribution in [-0.4, -0.2) is 34.5 Å². The Morgan fingerprint density at radius 3 is 2.50 bits per heavy atom. The molecule has 1 aromatic rings. The number of ketones is 2. The molecule has 0 atom stereocenters. The molecule has 0 amide bonds. The summed E-state index contributed by atoms with van der Waals surface area (Å²) in [6.07, 6.45) is 3.30. The molecule has 0 bridgehead atoms. The van der Waals surface area contributed by atoms with Gasteiger partial charge in [0.25, 0.3) is 0 Å². The molecule has 2 aliphatic rings.